The van der Waals surface area contributed by atoms with Gasteiger partial charge in [-0.3, -0.25) is 9.69 Å². The van der Waals surface area contributed by atoms with Gasteiger partial charge in [-0.1, -0.05) is 37.3 Å². The Balaban J connectivity index is 1.90. The number of aryl methyl sites for hydroxylation is 1. The summed E-state index contributed by atoms with van der Waals surface area (Å²) >= 11 is 5.40. The molecule has 0 unspecified atom stereocenters. The molecular formula is C20H21N3OS. The minimum absolute atomic E-state index is 0.123. The highest BCUT2D eigenvalue weighted by Gasteiger charge is 2.32. The first-order valence-electron chi connectivity index (χ1n) is 8.23. The Morgan fingerprint density at radius 1 is 1.12 bits per heavy atom. The molecule has 0 radical (unpaired) electrons. The van der Waals surface area contributed by atoms with Gasteiger partial charge in [0.2, 0.25) is 0 Å². The number of hydrogen-bond donors (Lipinski definition) is 1. The highest BCUT2D eigenvalue weighted by atomic mass is 32.1. The van der Waals surface area contributed by atoms with Crippen molar-refractivity contribution < 1.29 is 4.79 Å². The van der Waals surface area contributed by atoms with Gasteiger partial charge in [0.15, 0.2) is 5.11 Å². The first kappa shape index (κ1) is 17.2. The first-order chi connectivity index (χ1) is 12.0. The molecule has 5 heteroatoms. The van der Waals surface area contributed by atoms with E-state index in [1.54, 1.807) is 4.90 Å². The molecule has 1 amide bonds. The molecule has 3 rings (SSSR count). The van der Waals surface area contributed by atoms with Crippen molar-refractivity contribution in [1.29, 1.82) is 0 Å². The van der Waals surface area contributed by atoms with Crippen molar-refractivity contribution in [3.63, 3.8) is 0 Å². The van der Waals surface area contributed by atoms with Crippen LogP contribution >= 0.6 is 12.2 Å². The minimum Gasteiger partial charge on any atom is -0.378 e. The number of anilines is 2. The van der Waals surface area contributed by atoms with Gasteiger partial charge in [0.25, 0.3) is 5.91 Å². The molecule has 0 atom stereocenters. The molecule has 0 spiro atoms. The van der Waals surface area contributed by atoms with Crippen LogP contribution in [0.3, 0.4) is 0 Å². The van der Waals surface area contributed by atoms with Crippen molar-refractivity contribution in [2.45, 2.75) is 13.3 Å². The highest BCUT2D eigenvalue weighted by Crippen LogP contribution is 2.26. The number of carbonyl (C=O) groups is 1. The second kappa shape index (κ2) is 7.07. The number of thiocarbonyl (C=S) groups is 1. The van der Waals surface area contributed by atoms with Crippen molar-refractivity contribution in [3.05, 3.63) is 65.4 Å². The van der Waals surface area contributed by atoms with Crippen LogP contribution in [0, 0.1) is 0 Å². The van der Waals surface area contributed by atoms with Crippen LogP contribution < -0.4 is 15.1 Å². The SMILES string of the molecule is CCc1ccccc1N1C(=O)/C(=C\c2ccc(N(C)C)cc2)NC1=S. The summed E-state index contributed by atoms with van der Waals surface area (Å²) in [5.74, 6) is -0.123. The molecule has 0 aliphatic carbocycles. The van der Waals surface area contributed by atoms with Gasteiger partial charge in [-0.15, -0.1) is 0 Å². The maximum absolute atomic E-state index is 12.9. The second-order valence-electron chi connectivity index (χ2n) is 6.10. The van der Waals surface area contributed by atoms with E-state index in [-0.39, 0.29) is 5.91 Å². The third kappa shape index (κ3) is 3.42. The Kier molecular flexibility index (Phi) is 4.86. The monoisotopic (exact) mass is 351 g/mol. The van der Waals surface area contributed by atoms with E-state index in [1.165, 1.54) is 0 Å². The molecule has 128 valence electrons. The Morgan fingerprint density at radius 2 is 1.80 bits per heavy atom. The zero-order valence-electron chi connectivity index (χ0n) is 14.6. The number of nitrogens with one attached hydrogen (secondary N) is 1. The molecule has 1 heterocycles. The van der Waals surface area contributed by atoms with Crippen molar-refractivity contribution in [3.8, 4) is 0 Å². The summed E-state index contributed by atoms with van der Waals surface area (Å²) < 4.78 is 0. The molecule has 1 saturated heterocycles. The van der Waals surface area contributed by atoms with Crippen LogP contribution in [-0.2, 0) is 11.2 Å². The minimum atomic E-state index is -0.123. The van der Waals surface area contributed by atoms with E-state index >= 15 is 0 Å². The lowest BCUT2D eigenvalue weighted by molar-refractivity contribution is -0.113. The molecule has 0 bridgehead atoms. The van der Waals surface area contributed by atoms with Crippen molar-refractivity contribution in [1.82, 2.24) is 5.32 Å². The Bertz CT molecular complexity index is 840. The van der Waals surface area contributed by atoms with Gasteiger partial charge in [-0.2, -0.15) is 0 Å². The summed E-state index contributed by atoms with van der Waals surface area (Å²) in [6.45, 7) is 2.07. The van der Waals surface area contributed by atoms with Crippen molar-refractivity contribution in [2.75, 3.05) is 23.9 Å². The van der Waals surface area contributed by atoms with E-state index < -0.39 is 0 Å². The number of benzene rings is 2. The number of nitrogens with zero attached hydrogens (tertiary/aromatic N) is 2. The van der Waals surface area contributed by atoms with Crippen LogP contribution in [-0.4, -0.2) is 25.1 Å². The van der Waals surface area contributed by atoms with Gasteiger partial charge in [-0.05, 0) is 54.0 Å². The summed E-state index contributed by atoms with van der Waals surface area (Å²) in [7, 11) is 3.99. The number of hydrogen-bond acceptors (Lipinski definition) is 3. The Hall–Kier alpha value is -2.66. The fourth-order valence-electron chi connectivity index (χ4n) is 2.82. The predicted molar refractivity (Wildman–Crippen MR) is 108 cm³/mol. The zero-order chi connectivity index (χ0) is 18.0. The Morgan fingerprint density at radius 3 is 2.44 bits per heavy atom. The summed E-state index contributed by atoms with van der Waals surface area (Å²) in [6.07, 6.45) is 2.68. The molecule has 0 aromatic heterocycles. The lowest BCUT2D eigenvalue weighted by atomic mass is 10.1. The van der Waals surface area contributed by atoms with Gasteiger partial charge in [0.05, 0.1) is 5.69 Å². The molecule has 0 saturated carbocycles. The van der Waals surface area contributed by atoms with Crippen LogP contribution in [0.2, 0.25) is 0 Å². The largest absolute Gasteiger partial charge is 0.378 e. The van der Waals surface area contributed by atoms with E-state index in [4.69, 9.17) is 12.2 Å². The lowest BCUT2D eigenvalue weighted by Gasteiger charge is -2.17. The summed E-state index contributed by atoms with van der Waals surface area (Å²) in [5.41, 5.74) is 4.50. The van der Waals surface area contributed by atoms with Crippen LogP contribution in [0.1, 0.15) is 18.1 Å². The van der Waals surface area contributed by atoms with E-state index in [2.05, 4.69) is 12.2 Å². The molecule has 2 aromatic rings. The van der Waals surface area contributed by atoms with Gasteiger partial charge in [0, 0.05) is 19.8 Å². The molecule has 1 aliphatic heterocycles. The molecule has 1 fully saturated rings. The average Bonchev–Trinajstić information content (AvgIpc) is 2.89. The molecule has 25 heavy (non-hydrogen) atoms. The van der Waals surface area contributed by atoms with Crippen molar-refractivity contribution >= 4 is 40.7 Å². The third-order valence-corrected chi connectivity index (χ3v) is 4.50. The van der Waals surface area contributed by atoms with Gasteiger partial charge in [-0.25, -0.2) is 0 Å². The Labute approximate surface area is 153 Å². The predicted octanol–water partition coefficient (Wildman–Crippen LogP) is 3.58. The first-order valence-corrected chi connectivity index (χ1v) is 8.64. The van der Waals surface area contributed by atoms with Crippen LogP contribution in [0.25, 0.3) is 6.08 Å². The summed E-state index contributed by atoms with van der Waals surface area (Å²) in [6, 6.07) is 15.9. The number of carbonyl (C=O) groups excluding carboxylic acids is 1. The highest BCUT2D eigenvalue weighted by molar-refractivity contribution is 7.80. The van der Waals surface area contributed by atoms with E-state index in [0.717, 1.165) is 28.9 Å². The third-order valence-electron chi connectivity index (χ3n) is 4.21. The van der Waals surface area contributed by atoms with Crippen LogP contribution in [0.15, 0.2) is 54.2 Å². The summed E-state index contributed by atoms with van der Waals surface area (Å²) in [5, 5.41) is 3.47. The number of amides is 1. The summed E-state index contributed by atoms with van der Waals surface area (Å²) in [4.78, 5) is 16.5. The smallest absolute Gasteiger partial charge is 0.281 e. The van der Waals surface area contributed by atoms with E-state index in [9.17, 15) is 4.79 Å². The lowest BCUT2D eigenvalue weighted by Crippen LogP contribution is -2.31. The standard InChI is InChI=1S/C20H21N3OS/c1-4-15-7-5-6-8-18(15)23-19(24)17(21-20(23)25)13-14-9-11-16(12-10-14)22(2)3/h5-13H,4H2,1-3H3,(H,21,25)/b17-13+. The molecule has 4 nitrogen and oxygen atoms in total. The quantitative estimate of drug-likeness (QED) is 0.675. The molecular weight excluding hydrogens is 330 g/mol. The van der Waals surface area contributed by atoms with Crippen LogP contribution in [0.5, 0.6) is 0 Å². The van der Waals surface area contributed by atoms with E-state index in [0.29, 0.717) is 10.8 Å². The number of rotatable bonds is 4. The topological polar surface area (TPSA) is 35.6 Å². The second-order valence-corrected chi connectivity index (χ2v) is 6.48. The van der Waals surface area contributed by atoms with Gasteiger partial charge in [0.1, 0.15) is 5.70 Å². The fraction of sp³-hybridized carbons (Fsp3) is 0.200. The maximum Gasteiger partial charge on any atom is 0.281 e. The average molecular weight is 351 g/mol. The fourth-order valence-corrected chi connectivity index (χ4v) is 3.11. The van der Waals surface area contributed by atoms with E-state index in [1.807, 2.05) is 73.6 Å². The van der Waals surface area contributed by atoms with Gasteiger partial charge < -0.3 is 10.2 Å². The van der Waals surface area contributed by atoms with Gasteiger partial charge >= 0.3 is 0 Å². The zero-order valence-corrected chi connectivity index (χ0v) is 15.4. The molecule has 2 aromatic carbocycles. The number of para-hydroxylation sites is 1. The maximum atomic E-state index is 12.9. The molecule has 1 aliphatic rings. The molecule has 1 N–H and O–H groups in total. The van der Waals surface area contributed by atoms with Crippen LogP contribution in [0.4, 0.5) is 11.4 Å². The normalized spacial score (nSPS) is 15.6. The van der Waals surface area contributed by atoms with Crippen molar-refractivity contribution in [2.24, 2.45) is 0 Å².